The van der Waals surface area contributed by atoms with Crippen LogP contribution in [0.15, 0.2) is 0 Å². The molecule has 3 heterocycles. The van der Waals surface area contributed by atoms with Crippen LogP contribution in [0.4, 0.5) is 0 Å². The zero-order chi connectivity index (χ0) is 34.2. The van der Waals surface area contributed by atoms with Crippen molar-refractivity contribution in [2.24, 2.45) is 59.2 Å². The first-order valence-electron chi connectivity index (χ1n) is 24.5. The van der Waals surface area contributed by atoms with Crippen LogP contribution in [0.1, 0.15) is 186 Å². The molecule has 0 aromatic heterocycles. The summed E-state index contributed by atoms with van der Waals surface area (Å²) in [5.41, 5.74) is 0. The fourth-order valence-corrected chi connectivity index (χ4v) is 22.1. The molecule has 11 aliphatic rings. The van der Waals surface area contributed by atoms with Crippen molar-refractivity contribution in [1.29, 1.82) is 0 Å². The molecular formula is C48H77NOS2. The van der Waals surface area contributed by atoms with E-state index in [-0.39, 0.29) is 0 Å². The molecule has 0 radical (unpaired) electrons. The Labute approximate surface area is 328 Å². The third-order valence-corrected chi connectivity index (χ3v) is 23.2. The van der Waals surface area contributed by atoms with Crippen LogP contribution >= 0.6 is 23.5 Å². The minimum Gasteiger partial charge on any atom is -0.374 e. The number of nitrogens with zero attached hydrogens (tertiary/aromatic N) is 1. The molecule has 11 rings (SSSR count). The molecule has 0 spiro atoms. The molecule has 52 heavy (non-hydrogen) atoms. The topological polar surface area (TPSA) is 12.5 Å². The van der Waals surface area contributed by atoms with E-state index in [1.54, 1.807) is 83.5 Å². The molecule has 0 aromatic rings. The molecule has 16 atom stereocenters. The quantitative estimate of drug-likeness (QED) is 0.277. The van der Waals surface area contributed by atoms with Gasteiger partial charge in [0.1, 0.15) is 0 Å². The molecule has 16 unspecified atom stereocenters. The molecule has 0 N–H and O–H groups in total. The zero-order valence-electron chi connectivity index (χ0n) is 33.1. The van der Waals surface area contributed by atoms with Gasteiger partial charge >= 0.3 is 0 Å². The van der Waals surface area contributed by atoms with Gasteiger partial charge in [-0.25, -0.2) is 0 Å². The third kappa shape index (κ3) is 6.39. The predicted octanol–water partition coefficient (Wildman–Crippen LogP) is 12.7. The molecule has 292 valence electrons. The second kappa shape index (κ2) is 15.4. The van der Waals surface area contributed by atoms with Crippen molar-refractivity contribution < 1.29 is 4.74 Å². The Morgan fingerprint density at radius 3 is 1.87 bits per heavy atom. The van der Waals surface area contributed by atoms with E-state index < -0.39 is 0 Å². The zero-order valence-corrected chi connectivity index (χ0v) is 34.8. The molecule has 8 saturated carbocycles. The summed E-state index contributed by atoms with van der Waals surface area (Å²) in [6, 6.07) is 2.55. The fraction of sp³-hybridized carbons (Fsp3) is 1.00. The second-order valence-electron chi connectivity index (χ2n) is 21.5. The highest BCUT2D eigenvalue weighted by Gasteiger charge is 2.61. The molecule has 11 fully saturated rings. The number of ether oxygens (including phenoxy) is 1. The maximum absolute atomic E-state index is 7.11. The van der Waals surface area contributed by atoms with E-state index in [4.69, 9.17) is 4.74 Å². The molecule has 4 heteroatoms. The van der Waals surface area contributed by atoms with Crippen LogP contribution in [0.2, 0.25) is 0 Å². The Bertz CT molecular complexity index is 1210. The maximum atomic E-state index is 7.11. The summed E-state index contributed by atoms with van der Waals surface area (Å²) in [4.78, 5) is 3.48. The standard InChI is InChI=1S/C48H77NOS2/c1-2-11-30(12-3-1)32-13-8-14-33(29-32)31-23-25-34(26-24-31)49(39-18-10-21-42-45(39)37-15-4-6-20-41(37)50-42)40-19-9-17-35-36-27-28-44-46(48(36)52-47(35)40)38-16-5-7-22-43(38)51-44/h30-48H,1-29H2. The molecule has 2 nitrogen and oxygen atoms in total. The lowest BCUT2D eigenvalue weighted by atomic mass is 9.63. The van der Waals surface area contributed by atoms with Gasteiger partial charge < -0.3 is 4.74 Å². The van der Waals surface area contributed by atoms with Crippen molar-refractivity contribution >= 4 is 23.5 Å². The second-order valence-corrected chi connectivity index (χ2v) is 24.4. The molecular weight excluding hydrogens is 671 g/mol. The minimum absolute atomic E-state index is 0.586. The normalized spacial score (nSPS) is 53.7. The van der Waals surface area contributed by atoms with Gasteiger partial charge in [-0.1, -0.05) is 83.5 Å². The molecule has 8 aliphatic carbocycles. The van der Waals surface area contributed by atoms with Crippen molar-refractivity contribution in [3.05, 3.63) is 0 Å². The lowest BCUT2D eigenvalue weighted by molar-refractivity contribution is -0.0521. The molecule has 3 saturated heterocycles. The van der Waals surface area contributed by atoms with Crippen LogP contribution in [0, 0.1) is 59.2 Å². The Kier molecular flexibility index (Phi) is 10.6. The van der Waals surface area contributed by atoms with E-state index in [9.17, 15) is 0 Å². The van der Waals surface area contributed by atoms with Gasteiger partial charge in [-0.15, -0.1) is 0 Å². The monoisotopic (exact) mass is 748 g/mol. The van der Waals surface area contributed by atoms with Gasteiger partial charge in [-0.3, -0.25) is 4.90 Å². The van der Waals surface area contributed by atoms with Gasteiger partial charge in [0.25, 0.3) is 0 Å². The average Bonchev–Trinajstić information content (AvgIpc) is 3.90. The predicted molar refractivity (Wildman–Crippen MR) is 221 cm³/mol. The summed E-state index contributed by atoms with van der Waals surface area (Å²) >= 11 is 5.19. The van der Waals surface area contributed by atoms with Gasteiger partial charge in [-0.05, 0) is 156 Å². The Morgan fingerprint density at radius 2 is 1.00 bits per heavy atom. The Morgan fingerprint density at radius 1 is 0.365 bits per heavy atom. The number of thioether (sulfide) groups is 2. The first-order chi connectivity index (χ1) is 25.8. The average molecular weight is 748 g/mol. The van der Waals surface area contributed by atoms with Gasteiger partial charge in [-0.2, -0.15) is 23.5 Å². The number of hydrogen-bond acceptors (Lipinski definition) is 4. The highest BCUT2D eigenvalue weighted by molar-refractivity contribution is 8.02. The van der Waals surface area contributed by atoms with Crippen molar-refractivity contribution in [3.8, 4) is 0 Å². The van der Waals surface area contributed by atoms with Crippen molar-refractivity contribution in [2.45, 2.75) is 238 Å². The third-order valence-electron chi connectivity index (χ3n) is 19.4. The number of hydrogen-bond donors (Lipinski definition) is 0. The summed E-state index contributed by atoms with van der Waals surface area (Å²) in [5.74, 6) is 10.2. The fourth-order valence-electron chi connectivity index (χ4n) is 17.4. The molecule has 0 aromatic carbocycles. The first-order valence-corrected chi connectivity index (χ1v) is 26.4. The molecule has 0 bridgehead atoms. The maximum Gasteiger partial charge on any atom is 0.0625 e. The van der Waals surface area contributed by atoms with Crippen molar-refractivity contribution in [1.82, 2.24) is 4.90 Å². The molecule has 3 aliphatic heterocycles. The summed E-state index contributed by atoms with van der Waals surface area (Å²) in [6.07, 6.45) is 45.5. The van der Waals surface area contributed by atoms with Crippen LogP contribution in [0.25, 0.3) is 0 Å². The SMILES string of the molecule is C1CCC(C2CCCC(C3CCC(N(C4CCCC5C6CCC7SC8CCCCC8C7C6SC54)C4CCCC5OC6CCCCC6C54)CC3)C2)CC1. The summed E-state index contributed by atoms with van der Waals surface area (Å²) in [6.45, 7) is 0. The van der Waals surface area contributed by atoms with E-state index in [0.29, 0.717) is 12.2 Å². The van der Waals surface area contributed by atoms with E-state index in [1.165, 1.54) is 103 Å². The van der Waals surface area contributed by atoms with Gasteiger partial charge in [0.05, 0.1) is 12.2 Å². The van der Waals surface area contributed by atoms with Crippen LogP contribution in [-0.2, 0) is 4.74 Å². The van der Waals surface area contributed by atoms with E-state index in [1.807, 2.05) is 0 Å². The van der Waals surface area contributed by atoms with Crippen molar-refractivity contribution in [2.75, 3.05) is 0 Å². The minimum atomic E-state index is 0.586. The highest BCUT2D eigenvalue weighted by atomic mass is 32.2. The van der Waals surface area contributed by atoms with E-state index >= 15 is 0 Å². The van der Waals surface area contributed by atoms with Gasteiger partial charge in [0, 0.05) is 45.0 Å². The van der Waals surface area contributed by atoms with Crippen LogP contribution < -0.4 is 0 Å². The summed E-state index contributed by atoms with van der Waals surface area (Å²) in [5, 5.41) is 3.99. The van der Waals surface area contributed by atoms with Crippen LogP contribution in [0.5, 0.6) is 0 Å². The Balaban J connectivity index is 0.858. The summed E-state index contributed by atoms with van der Waals surface area (Å²) < 4.78 is 7.11. The lowest BCUT2D eigenvalue weighted by Crippen LogP contribution is -2.60. The van der Waals surface area contributed by atoms with Crippen molar-refractivity contribution in [3.63, 3.8) is 0 Å². The number of rotatable bonds is 5. The Hall–Kier alpha value is 0.620. The first kappa shape index (κ1) is 35.8. The summed E-state index contributed by atoms with van der Waals surface area (Å²) in [7, 11) is 0. The van der Waals surface area contributed by atoms with E-state index in [2.05, 4.69) is 28.4 Å². The van der Waals surface area contributed by atoms with Crippen LogP contribution in [0.3, 0.4) is 0 Å². The largest absolute Gasteiger partial charge is 0.374 e. The van der Waals surface area contributed by atoms with Gasteiger partial charge in [0.2, 0.25) is 0 Å². The van der Waals surface area contributed by atoms with Crippen LogP contribution in [-0.4, -0.2) is 56.2 Å². The van der Waals surface area contributed by atoms with E-state index in [0.717, 1.165) is 98.3 Å². The number of fused-ring (bicyclic) bond motifs is 10. The lowest BCUT2D eigenvalue weighted by Gasteiger charge is -2.54. The molecule has 0 amide bonds. The highest BCUT2D eigenvalue weighted by Crippen LogP contribution is 2.65. The smallest absolute Gasteiger partial charge is 0.0625 e. The van der Waals surface area contributed by atoms with Gasteiger partial charge in [0.15, 0.2) is 0 Å².